The van der Waals surface area contributed by atoms with Gasteiger partial charge in [0, 0.05) is 38.2 Å². The van der Waals surface area contributed by atoms with Crippen LogP contribution in [0.15, 0.2) is 180 Å². The maximum absolute atomic E-state index is 6.73. The molecule has 0 aliphatic heterocycles. The molecular formula is C49H29N3O. The van der Waals surface area contributed by atoms with Crippen LogP contribution in [0.25, 0.3) is 111 Å². The van der Waals surface area contributed by atoms with Crippen molar-refractivity contribution in [2.24, 2.45) is 0 Å². The van der Waals surface area contributed by atoms with Crippen LogP contribution < -0.4 is 0 Å². The Morgan fingerprint density at radius 1 is 0.302 bits per heavy atom. The number of nitrogens with zero attached hydrogens (tertiary/aromatic N) is 3. The zero-order valence-electron chi connectivity index (χ0n) is 28.5. The lowest BCUT2D eigenvalue weighted by Crippen LogP contribution is -2.00. The van der Waals surface area contributed by atoms with Crippen molar-refractivity contribution < 1.29 is 4.42 Å². The van der Waals surface area contributed by atoms with E-state index in [9.17, 15) is 0 Å². The van der Waals surface area contributed by atoms with Crippen LogP contribution in [0.4, 0.5) is 0 Å². The van der Waals surface area contributed by atoms with E-state index >= 15 is 0 Å². The van der Waals surface area contributed by atoms with Crippen molar-refractivity contribution in [3.05, 3.63) is 176 Å². The summed E-state index contributed by atoms with van der Waals surface area (Å²) in [5, 5.41) is 4.56. The number of furan rings is 1. The number of aromatic nitrogens is 3. The van der Waals surface area contributed by atoms with E-state index in [4.69, 9.17) is 19.4 Å². The lowest BCUT2D eigenvalue weighted by atomic mass is 9.99. The molecule has 1 aliphatic carbocycles. The molecule has 4 heteroatoms. The van der Waals surface area contributed by atoms with Crippen LogP contribution in [0.3, 0.4) is 0 Å². The van der Waals surface area contributed by atoms with Gasteiger partial charge in [0.25, 0.3) is 0 Å². The van der Waals surface area contributed by atoms with E-state index in [0.717, 1.165) is 55.1 Å². The third-order valence-corrected chi connectivity index (χ3v) is 10.5. The molecule has 0 saturated carbocycles. The predicted octanol–water partition coefficient (Wildman–Crippen LogP) is 12.9. The van der Waals surface area contributed by atoms with Gasteiger partial charge in [-0.05, 0) is 62.7 Å². The minimum absolute atomic E-state index is 0.592. The molecule has 2 aromatic heterocycles. The highest BCUT2D eigenvalue weighted by Crippen LogP contribution is 2.50. The van der Waals surface area contributed by atoms with E-state index in [0.29, 0.717) is 17.5 Å². The standard InChI is InChI=1S/C49H29N3O/c1-3-10-30(11-4-1)32-18-22-34(23-19-32)47-50-48(35-24-20-33(21-25-35)31-12-5-2-6-13-31)52-49(51-47)36-26-27-39-43-29-42-38-15-8-7-14-37(38)40-16-9-17-41(45(40)42)46(43)53-44(39)28-36/h1-29H. The van der Waals surface area contributed by atoms with Gasteiger partial charge in [0.2, 0.25) is 0 Å². The van der Waals surface area contributed by atoms with E-state index < -0.39 is 0 Å². The van der Waals surface area contributed by atoms with E-state index in [1.807, 2.05) is 12.1 Å². The molecule has 53 heavy (non-hydrogen) atoms. The number of benzene rings is 8. The summed E-state index contributed by atoms with van der Waals surface area (Å²) < 4.78 is 6.73. The number of rotatable bonds is 5. The van der Waals surface area contributed by atoms with Crippen LogP contribution in [-0.2, 0) is 0 Å². The first-order valence-corrected chi connectivity index (χ1v) is 17.9. The molecule has 0 saturated heterocycles. The third-order valence-electron chi connectivity index (χ3n) is 10.5. The molecule has 0 amide bonds. The van der Waals surface area contributed by atoms with Crippen LogP contribution in [0.5, 0.6) is 0 Å². The zero-order valence-corrected chi connectivity index (χ0v) is 28.5. The largest absolute Gasteiger partial charge is 0.455 e. The minimum atomic E-state index is 0.592. The van der Waals surface area contributed by atoms with Gasteiger partial charge in [-0.3, -0.25) is 0 Å². The summed E-state index contributed by atoms with van der Waals surface area (Å²) in [6, 6.07) is 61.4. The average molecular weight is 676 g/mol. The van der Waals surface area contributed by atoms with Gasteiger partial charge in [-0.25, -0.2) is 15.0 Å². The molecule has 0 radical (unpaired) electrons. The van der Waals surface area contributed by atoms with Crippen molar-refractivity contribution in [1.82, 2.24) is 15.0 Å². The van der Waals surface area contributed by atoms with Gasteiger partial charge in [0.1, 0.15) is 11.2 Å². The topological polar surface area (TPSA) is 51.8 Å². The minimum Gasteiger partial charge on any atom is -0.455 e. The fourth-order valence-corrected chi connectivity index (χ4v) is 7.88. The first-order valence-electron chi connectivity index (χ1n) is 17.9. The van der Waals surface area contributed by atoms with Crippen LogP contribution in [0.1, 0.15) is 0 Å². The van der Waals surface area contributed by atoms with Crippen molar-refractivity contribution in [3.8, 4) is 78.7 Å². The number of fused-ring (bicyclic) bond motifs is 7. The molecule has 0 spiro atoms. The fourth-order valence-electron chi connectivity index (χ4n) is 7.88. The average Bonchev–Trinajstić information content (AvgIpc) is 3.78. The SMILES string of the molecule is c1ccc(-c2ccc(-c3nc(-c4ccc(-c5ccccc5)cc4)nc(-c4ccc5c(c4)oc4c6cccc7c6c(cc54)-c4ccccc4-7)n3)cc2)cc1. The molecule has 11 rings (SSSR count). The summed E-state index contributed by atoms with van der Waals surface area (Å²) >= 11 is 0. The van der Waals surface area contributed by atoms with E-state index in [1.165, 1.54) is 38.8 Å². The lowest BCUT2D eigenvalue weighted by molar-refractivity contribution is 0.673. The quantitative estimate of drug-likeness (QED) is 0.182. The van der Waals surface area contributed by atoms with Gasteiger partial charge in [-0.2, -0.15) is 0 Å². The fraction of sp³-hybridized carbons (Fsp3) is 0. The van der Waals surface area contributed by atoms with Crippen molar-refractivity contribution in [2.45, 2.75) is 0 Å². The summed E-state index contributed by atoms with van der Waals surface area (Å²) in [4.78, 5) is 15.2. The van der Waals surface area contributed by atoms with Crippen LogP contribution in [0.2, 0.25) is 0 Å². The van der Waals surface area contributed by atoms with Crippen molar-refractivity contribution in [3.63, 3.8) is 0 Å². The second kappa shape index (κ2) is 11.7. The highest BCUT2D eigenvalue weighted by molar-refractivity contribution is 6.25. The smallest absolute Gasteiger partial charge is 0.164 e. The van der Waals surface area contributed by atoms with Gasteiger partial charge < -0.3 is 4.42 Å². The lowest BCUT2D eigenvalue weighted by Gasteiger charge is -2.10. The molecule has 246 valence electrons. The summed E-state index contributed by atoms with van der Waals surface area (Å²) in [5.41, 5.74) is 14.1. The summed E-state index contributed by atoms with van der Waals surface area (Å²) in [7, 11) is 0. The van der Waals surface area contributed by atoms with E-state index in [2.05, 4.69) is 164 Å². The number of hydrogen-bond donors (Lipinski definition) is 0. The molecule has 4 nitrogen and oxygen atoms in total. The second-order valence-electron chi connectivity index (χ2n) is 13.6. The number of hydrogen-bond acceptors (Lipinski definition) is 4. The highest BCUT2D eigenvalue weighted by Gasteiger charge is 2.24. The molecule has 1 aliphatic rings. The highest BCUT2D eigenvalue weighted by atomic mass is 16.3. The molecule has 0 bridgehead atoms. The van der Waals surface area contributed by atoms with Crippen LogP contribution >= 0.6 is 0 Å². The molecule has 10 aromatic rings. The molecule has 8 aromatic carbocycles. The van der Waals surface area contributed by atoms with Crippen molar-refractivity contribution in [2.75, 3.05) is 0 Å². The summed E-state index contributed by atoms with van der Waals surface area (Å²) in [6.45, 7) is 0. The molecule has 0 fully saturated rings. The van der Waals surface area contributed by atoms with Gasteiger partial charge in [0.05, 0.1) is 0 Å². The molecule has 2 heterocycles. The third kappa shape index (κ3) is 4.80. The Kier molecular flexibility index (Phi) is 6.52. The van der Waals surface area contributed by atoms with Crippen LogP contribution in [0, 0.1) is 0 Å². The first kappa shape index (κ1) is 29.5. The molecule has 0 atom stereocenters. The molecule has 0 N–H and O–H groups in total. The first-order chi connectivity index (χ1) is 26.2. The Bertz CT molecular complexity index is 2920. The van der Waals surface area contributed by atoms with Gasteiger partial charge in [-0.15, -0.1) is 0 Å². The summed E-state index contributed by atoms with van der Waals surface area (Å²) in [6.07, 6.45) is 0. The molecular weight excluding hydrogens is 647 g/mol. The monoisotopic (exact) mass is 675 g/mol. The van der Waals surface area contributed by atoms with Gasteiger partial charge in [0.15, 0.2) is 17.5 Å². The van der Waals surface area contributed by atoms with Crippen molar-refractivity contribution >= 4 is 32.7 Å². The van der Waals surface area contributed by atoms with E-state index in [-0.39, 0.29) is 0 Å². The van der Waals surface area contributed by atoms with Crippen LogP contribution in [-0.4, -0.2) is 15.0 Å². The van der Waals surface area contributed by atoms with Gasteiger partial charge in [-0.1, -0.05) is 158 Å². The zero-order chi connectivity index (χ0) is 34.9. The Balaban J connectivity index is 1.05. The van der Waals surface area contributed by atoms with Crippen molar-refractivity contribution in [1.29, 1.82) is 0 Å². The predicted molar refractivity (Wildman–Crippen MR) is 216 cm³/mol. The summed E-state index contributed by atoms with van der Waals surface area (Å²) in [5.74, 6) is 1.82. The Morgan fingerprint density at radius 3 is 1.38 bits per heavy atom. The normalized spacial score (nSPS) is 11.8. The molecule has 0 unspecified atom stereocenters. The van der Waals surface area contributed by atoms with Gasteiger partial charge >= 0.3 is 0 Å². The maximum atomic E-state index is 6.73. The second-order valence-corrected chi connectivity index (χ2v) is 13.6. The maximum Gasteiger partial charge on any atom is 0.164 e. The Morgan fingerprint density at radius 2 is 0.774 bits per heavy atom. The Hall–Kier alpha value is -7.17. The van der Waals surface area contributed by atoms with E-state index in [1.54, 1.807) is 0 Å². The Labute approximate surface area is 305 Å².